The number of hydrogen-bond acceptors (Lipinski definition) is 3. The normalized spacial score (nSPS) is 12.7. The van der Waals surface area contributed by atoms with E-state index in [0.29, 0.717) is 6.42 Å². The molecule has 2 nitrogen and oxygen atoms in total. The van der Waals surface area contributed by atoms with E-state index in [1.807, 2.05) is 17.5 Å². The second-order valence-electron chi connectivity index (χ2n) is 3.58. The molecule has 0 aliphatic rings. The molecule has 2 aromatic rings. The van der Waals surface area contributed by atoms with E-state index in [1.165, 1.54) is 16.9 Å². The van der Waals surface area contributed by atoms with Crippen LogP contribution in [0.3, 0.4) is 0 Å². The topological polar surface area (TPSA) is 33.1 Å². The monoisotopic (exact) mass is 219 g/mol. The van der Waals surface area contributed by atoms with Crippen LogP contribution in [0.25, 0.3) is 0 Å². The number of hydrogen-bond donors (Lipinski definition) is 1. The van der Waals surface area contributed by atoms with Gasteiger partial charge in [0, 0.05) is 18.0 Å². The molecule has 0 saturated heterocycles. The Morgan fingerprint density at radius 3 is 3.00 bits per heavy atom. The Balaban J connectivity index is 2.09. The van der Waals surface area contributed by atoms with Gasteiger partial charge >= 0.3 is 0 Å². The molecule has 1 atom stereocenters. The van der Waals surface area contributed by atoms with E-state index in [4.69, 9.17) is 0 Å². The van der Waals surface area contributed by atoms with Crippen molar-refractivity contribution in [2.45, 2.75) is 19.4 Å². The zero-order valence-electron chi connectivity index (χ0n) is 8.55. The Kier molecular flexibility index (Phi) is 3.14. The molecule has 15 heavy (non-hydrogen) atoms. The van der Waals surface area contributed by atoms with Crippen molar-refractivity contribution in [1.82, 2.24) is 4.98 Å². The lowest BCUT2D eigenvalue weighted by Gasteiger charge is -2.07. The summed E-state index contributed by atoms with van der Waals surface area (Å²) >= 11 is 1.49. The summed E-state index contributed by atoms with van der Waals surface area (Å²) in [5, 5.41) is 12.6. The third-order valence-electron chi connectivity index (χ3n) is 2.25. The minimum atomic E-state index is -0.480. The number of aliphatic hydroxyl groups is 1. The predicted octanol–water partition coefficient (Wildman–Crippen LogP) is 2.73. The molecular weight excluding hydrogens is 206 g/mol. The zero-order chi connectivity index (χ0) is 10.7. The second-order valence-corrected chi connectivity index (χ2v) is 4.51. The molecule has 3 heteroatoms. The Morgan fingerprint density at radius 1 is 1.47 bits per heavy atom. The van der Waals surface area contributed by atoms with Crippen LogP contribution >= 0.6 is 11.3 Å². The summed E-state index contributed by atoms with van der Waals surface area (Å²) in [4.78, 5) is 4.10. The summed E-state index contributed by atoms with van der Waals surface area (Å²) in [5.74, 6) is 0. The third-order valence-corrected chi connectivity index (χ3v) is 3.12. The van der Waals surface area contributed by atoms with Gasteiger partial charge in [0.05, 0.1) is 0 Å². The minimum Gasteiger partial charge on any atom is -0.386 e. The molecule has 1 aromatic heterocycles. The van der Waals surface area contributed by atoms with E-state index < -0.39 is 6.10 Å². The van der Waals surface area contributed by atoms with Gasteiger partial charge in [0.2, 0.25) is 0 Å². The number of benzene rings is 1. The summed E-state index contributed by atoms with van der Waals surface area (Å²) < 4.78 is 0. The van der Waals surface area contributed by atoms with Gasteiger partial charge in [-0.05, 0) is 12.5 Å². The first-order chi connectivity index (χ1) is 7.25. The summed E-state index contributed by atoms with van der Waals surface area (Å²) in [5.41, 5.74) is 2.37. The van der Waals surface area contributed by atoms with Crippen LogP contribution in [0.15, 0.2) is 35.8 Å². The minimum absolute atomic E-state index is 0.480. The van der Waals surface area contributed by atoms with E-state index in [2.05, 4.69) is 24.0 Å². The van der Waals surface area contributed by atoms with Crippen molar-refractivity contribution in [3.8, 4) is 0 Å². The van der Waals surface area contributed by atoms with Gasteiger partial charge in [0.1, 0.15) is 11.1 Å². The molecule has 2 rings (SSSR count). The van der Waals surface area contributed by atoms with Crippen molar-refractivity contribution in [2.75, 3.05) is 0 Å². The number of aromatic nitrogens is 1. The molecule has 1 N–H and O–H groups in total. The lowest BCUT2D eigenvalue weighted by molar-refractivity contribution is 0.178. The van der Waals surface area contributed by atoms with Crippen molar-refractivity contribution in [3.63, 3.8) is 0 Å². The van der Waals surface area contributed by atoms with Crippen LogP contribution in [0.4, 0.5) is 0 Å². The highest BCUT2D eigenvalue weighted by molar-refractivity contribution is 7.09. The van der Waals surface area contributed by atoms with E-state index in [-0.39, 0.29) is 0 Å². The Hall–Kier alpha value is -1.19. The van der Waals surface area contributed by atoms with Crippen molar-refractivity contribution < 1.29 is 5.11 Å². The Labute approximate surface area is 93.2 Å². The maximum absolute atomic E-state index is 9.90. The fourth-order valence-corrected chi connectivity index (χ4v) is 2.17. The molecule has 0 amide bonds. The van der Waals surface area contributed by atoms with Crippen molar-refractivity contribution in [3.05, 3.63) is 52.0 Å². The Morgan fingerprint density at radius 2 is 2.33 bits per heavy atom. The lowest BCUT2D eigenvalue weighted by atomic mass is 10.1. The molecule has 0 fully saturated rings. The summed E-state index contributed by atoms with van der Waals surface area (Å²) in [6.45, 7) is 2.05. The molecule has 78 valence electrons. The van der Waals surface area contributed by atoms with Crippen LogP contribution < -0.4 is 0 Å². The number of aryl methyl sites for hydroxylation is 1. The predicted molar refractivity (Wildman–Crippen MR) is 62.0 cm³/mol. The largest absolute Gasteiger partial charge is 0.386 e. The van der Waals surface area contributed by atoms with Gasteiger partial charge in [0.25, 0.3) is 0 Å². The van der Waals surface area contributed by atoms with Crippen molar-refractivity contribution in [2.24, 2.45) is 0 Å². The van der Waals surface area contributed by atoms with Gasteiger partial charge in [-0.15, -0.1) is 11.3 Å². The van der Waals surface area contributed by atoms with Gasteiger partial charge in [-0.3, -0.25) is 0 Å². The number of rotatable bonds is 3. The van der Waals surface area contributed by atoms with Gasteiger partial charge in [0.15, 0.2) is 0 Å². The fraction of sp³-hybridized carbons (Fsp3) is 0.250. The highest BCUT2D eigenvalue weighted by Gasteiger charge is 2.10. The SMILES string of the molecule is Cc1cccc(CC(O)c2nccs2)c1. The van der Waals surface area contributed by atoms with E-state index in [1.54, 1.807) is 6.20 Å². The quantitative estimate of drug-likeness (QED) is 0.861. The highest BCUT2D eigenvalue weighted by atomic mass is 32.1. The molecular formula is C12H13NOS. The van der Waals surface area contributed by atoms with Crippen LogP contribution in [-0.4, -0.2) is 10.1 Å². The van der Waals surface area contributed by atoms with Crippen molar-refractivity contribution in [1.29, 1.82) is 0 Å². The molecule has 0 saturated carbocycles. The highest BCUT2D eigenvalue weighted by Crippen LogP contribution is 2.20. The van der Waals surface area contributed by atoms with Crippen LogP contribution in [0.5, 0.6) is 0 Å². The number of nitrogens with zero attached hydrogens (tertiary/aromatic N) is 1. The van der Waals surface area contributed by atoms with Crippen LogP contribution in [0.2, 0.25) is 0 Å². The summed E-state index contributed by atoms with van der Waals surface area (Å²) in [7, 11) is 0. The molecule has 0 aliphatic heterocycles. The van der Waals surface area contributed by atoms with Crippen LogP contribution in [-0.2, 0) is 6.42 Å². The molecule has 1 unspecified atom stereocenters. The molecule has 0 spiro atoms. The lowest BCUT2D eigenvalue weighted by Crippen LogP contribution is -2.01. The summed E-state index contributed by atoms with van der Waals surface area (Å²) in [6, 6.07) is 8.19. The first-order valence-corrected chi connectivity index (χ1v) is 5.76. The van der Waals surface area contributed by atoms with Gasteiger partial charge in [-0.2, -0.15) is 0 Å². The standard InChI is InChI=1S/C12H13NOS/c1-9-3-2-4-10(7-9)8-11(14)12-13-5-6-15-12/h2-7,11,14H,8H2,1H3. The molecule has 0 radical (unpaired) electrons. The first kappa shape index (κ1) is 10.3. The van der Waals surface area contributed by atoms with E-state index >= 15 is 0 Å². The Bertz CT molecular complexity index is 425. The first-order valence-electron chi connectivity index (χ1n) is 4.89. The van der Waals surface area contributed by atoms with Gasteiger partial charge < -0.3 is 5.11 Å². The number of thiazole rings is 1. The average molecular weight is 219 g/mol. The fourth-order valence-electron chi connectivity index (χ4n) is 1.55. The molecule has 1 aromatic carbocycles. The molecule has 0 bridgehead atoms. The van der Waals surface area contributed by atoms with E-state index in [0.717, 1.165) is 10.6 Å². The molecule has 0 aliphatic carbocycles. The van der Waals surface area contributed by atoms with E-state index in [9.17, 15) is 5.11 Å². The maximum Gasteiger partial charge on any atom is 0.121 e. The maximum atomic E-state index is 9.90. The summed E-state index contributed by atoms with van der Waals surface area (Å²) in [6.07, 6.45) is 1.88. The average Bonchev–Trinajstić information content (AvgIpc) is 2.70. The smallest absolute Gasteiger partial charge is 0.121 e. The van der Waals surface area contributed by atoms with Crippen molar-refractivity contribution >= 4 is 11.3 Å². The van der Waals surface area contributed by atoms with Gasteiger partial charge in [-0.1, -0.05) is 29.8 Å². The van der Waals surface area contributed by atoms with Gasteiger partial charge in [-0.25, -0.2) is 4.98 Å². The third kappa shape index (κ3) is 2.64. The van der Waals surface area contributed by atoms with Crippen LogP contribution in [0, 0.1) is 6.92 Å². The second kappa shape index (κ2) is 4.55. The zero-order valence-corrected chi connectivity index (χ0v) is 9.37. The molecule has 1 heterocycles. The van der Waals surface area contributed by atoms with Crippen LogP contribution in [0.1, 0.15) is 22.2 Å². The number of aliphatic hydroxyl groups excluding tert-OH is 1.